The number of hydrogen-bond acceptors (Lipinski definition) is 3. The van der Waals surface area contributed by atoms with E-state index < -0.39 is 0 Å². The summed E-state index contributed by atoms with van der Waals surface area (Å²) < 4.78 is 2.30. The maximum Gasteiger partial charge on any atom is 0.174 e. The molecule has 4 aromatic rings. The summed E-state index contributed by atoms with van der Waals surface area (Å²) in [7, 11) is 0. The minimum absolute atomic E-state index is 0.165. The van der Waals surface area contributed by atoms with Crippen molar-refractivity contribution in [3.05, 3.63) is 107 Å². The van der Waals surface area contributed by atoms with Gasteiger partial charge in [-0.1, -0.05) is 36.4 Å². The molecule has 2 atom stereocenters. The number of aromatic hydroxyl groups is 1. The average molecular weight is 455 g/mol. The van der Waals surface area contributed by atoms with Gasteiger partial charge in [-0.3, -0.25) is 4.98 Å². The highest BCUT2D eigenvalue weighted by molar-refractivity contribution is 7.80. The molecule has 1 aliphatic rings. The Morgan fingerprint density at radius 3 is 2.27 bits per heavy atom. The standard InChI is InChI=1S/C27H26N4OS/c1-17-18(2)30(20-11-5-4-6-12-20)19(3)24(17)26-25(21-13-9-10-16-28-21)29-27(33)31(26)22-14-7-8-15-23(22)32/h4-16,25-26,32H,1-3H3,(H,29,33)/t25-,26-/m1/s1. The fourth-order valence-corrected chi connectivity index (χ4v) is 5.32. The Labute approximate surface area is 199 Å². The van der Waals surface area contributed by atoms with Crippen LogP contribution < -0.4 is 10.2 Å². The lowest BCUT2D eigenvalue weighted by molar-refractivity contribution is 0.472. The van der Waals surface area contributed by atoms with Gasteiger partial charge in [0, 0.05) is 28.8 Å². The predicted molar refractivity (Wildman–Crippen MR) is 136 cm³/mol. The number of aromatic nitrogens is 2. The highest BCUT2D eigenvalue weighted by Crippen LogP contribution is 2.47. The van der Waals surface area contributed by atoms with Crippen LogP contribution in [0.1, 0.15) is 40.3 Å². The first-order valence-electron chi connectivity index (χ1n) is 11.0. The molecule has 1 aliphatic heterocycles. The Kier molecular flexibility index (Phi) is 5.38. The number of para-hydroxylation sites is 3. The number of thiocarbonyl (C=S) groups is 1. The molecule has 5 rings (SSSR count). The van der Waals surface area contributed by atoms with Crippen molar-refractivity contribution in [1.82, 2.24) is 14.9 Å². The predicted octanol–water partition coefficient (Wildman–Crippen LogP) is 5.68. The number of hydrogen-bond donors (Lipinski definition) is 2. The molecule has 33 heavy (non-hydrogen) atoms. The van der Waals surface area contributed by atoms with Crippen LogP contribution in [-0.2, 0) is 0 Å². The lowest BCUT2D eigenvalue weighted by atomic mass is 9.93. The first-order chi connectivity index (χ1) is 16.0. The van der Waals surface area contributed by atoms with E-state index in [-0.39, 0.29) is 17.8 Å². The summed E-state index contributed by atoms with van der Waals surface area (Å²) in [5, 5.41) is 14.8. The van der Waals surface area contributed by atoms with E-state index >= 15 is 0 Å². The highest BCUT2D eigenvalue weighted by atomic mass is 32.1. The van der Waals surface area contributed by atoms with Crippen LogP contribution in [0.4, 0.5) is 5.69 Å². The smallest absolute Gasteiger partial charge is 0.174 e. The molecule has 166 valence electrons. The van der Waals surface area contributed by atoms with E-state index in [1.807, 2.05) is 47.4 Å². The van der Waals surface area contributed by atoms with Crippen molar-refractivity contribution < 1.29 is 5.11 Å². The van der Waals surface area contributed by atoms with Crippen LogP contribution in [0, 0.1) is 20.8 Å². The van der Waals surface area contributed by atoms with Crippen molar-refractivity contribution in [1.29, 1.82) is 0 Å². The summed E-state index contributed by atoms with van der Waals surface area (Å²) >= 11 is 5.83. The zero-order valence-corrected chi connectivity index (χ0v) is 19.7. The van der Waals surface area contributed by atoms with Gasteiger partial charge in [-0.25, -0.2) is 0 Å². The zero-order chi connectivity index (χ0) is 23.1. The summed E-state index contributed by atoms with van der Waals surface area (Å²) in [4.78, 5) is 6.69. The van der Waals surface area contributed by atoms with Crippen LogP contribution in [0.25, 0.3) is 5.69 Å². The molecule has 0 unspecified atom stereocenters. The van der Waals surface area contributed by atoms with E-state index in [0.717, 1.165) is 17.1 Å². The summed E-state index contributed by atoms with van der Waals surface area (Å²) in [6.45, 7) is 6.47. The van der Waals surface area contributed by atoms with Crippen LogP contribution in [0.2, 0.25) is 0 Å². The Hall–Kier alpha value is -3.64. The van der Waals surface area contributed by atoms with Crippen molar-refractivity contribution in [3.63, 3.8) is 0 Å². The Bertz CT molecular complexity index is 1320. The van der Waals surface area contributed by atoms with E-state index in [1.54, 1.807) is 12.3 Å². The van der Waals surface area contributed by atoms with Crippen LogP contribution in [0.15, 0.2) is 79.0 Å². The fourth-order valence-electron chi connectivity index (χ4n) is 4.98. The highest BCUT2D eigenvalue weighted by Gasteiger charge is 2.44. The average Bonchev–Trinajstić information content (AvgIpc) is 3.27. The molecule has 0 bridgehead atoms. The quantitative estimate of drug-likeness (QED) is 0.389. The Balaban J connectivity index is 1.75. The second-order valence-corrected chi connectivity index (χ2v) is 8.75. The van der Waals surface area contributed by atoms with Crippen molar-refractivity contribution in [2.45, 2.75) is 32.9 Å². The SMILES string of the molecule is Cc1c([C@@H]2[C@@H](c3ccccn3)NC(=S)N2c2ccccc2O)c(C)n(-c2ccccc2)c1C. The molecule has 2 N–H and O–H groups in total. The molecule has 1 fully saturated rings. The Morgan fingerprint density at radius 1 is 0.879 bits per heavy atom. The Morgan fingerprint density at radius 2 is 1.58 bits per heavy atom. The molecule has 0 saturated carbocycles. The van der Waals surface area contributed by atoms with Crippen molar-refractivity contribution in [3.8, 4) is 11.4 Å². The molecule has 0 aliphatic carbocycles. The third-order valence-corrected chi connectivity index (χ3v) is 6.87. The van der Waals surface area contributed by atoms with Gasteiger partial charge in [0.25, 0.3) is 0 Å². The van der Waals surface area contributed by atoms with E-state index in [1.165, 1.54) is 16.8 Å². The molecule has 0 spiro atoms. The minimum atomic E-state index is -0.177. The van der Waals surface area contributed by atoms with E-state index in [0.29, 0.717) is 10.8 Å². The number of phenols is 1. The molecule has 1 saturated heterocycles. The number of rotatable bonds is 4. The molecule has 2 aromatic heterocycles. The molecule has 6 heteroatoms. The third-order valence-electron chi connectivity index (χ3n) is 6.56. The maximum absolute atomic E-state index is 10.7. The molecular formula is C27H26N4OS. The fraction of sp³-hybridized carbons (Fsp3) is 0.185. The van der Waals surface area contributed by atoms with Crippen LogP contribution in [0.3, 0.4) is 0 Å². The largest absolute Gasteiger partial charge is 0.506 e. The lowest BCUT2D eigenvalue weighted by Gasteiger charge is -2.29. The first kappa shape index (κ1) is 21.2. The van der Waals surface area contributed by atoms with Crippen LogP contribution in [-0.4, -0.2) is 19.8 Å². The maximum atomic E-state index is 10.7. The summed E-state index contributed by atoms with van der Waals surface area (Å²) in [6, 6.07) is 23.3. The minimum Gasteiger partial charge on any atom is -0.506 e. The second kappa shape index (κ2) is 8.37. The van der Waals surface area contributed by atoms with Crippen LogP contribution >= 0.6 is 12.2 Å². The number of nitrogens with zero attached hydrogens (tertiary/aromatic N) is 3. The summed E-state index contributed by atoms with van der Waals surface area (Å²) in [6.07, 6.45) is 1.81. The van der Waals surface area contributed by atoms with E-state index in [9.17, 15) is 5.11 Å². The third kappa shape index (κ3) is 3.47. The monoisotopic (exact) mass is 454 g/mol. The molecule has 5 nitrogen and oxygen atoms in total. The zero-order valence-electron chi connectivity index (χ0n) is 18.9. The number of phenolic OH excluding ortho intramolecular Hbond substituents is 1. The molecule has 0 radical (unpaired) electrons. The lowest BCUT2D eigenvalue weighted by Crippen LogP contribution is -2.29. The van der Waals surface area contributed by atoms with E-state index in [2.05, 4.69) is 59.9 Å². The number of benzene rings is 2. The van der Waals surface area contributed by atoms with Gasteiger partial charge in [0.05, 0.1) is 23.5 Å². The molecule has 2 aromatic carbocycles. The molecule has 3 heterocycles. The van der Waals surface area contributed by atoms with Gasteiger partial charge >= 0.3 is 0 Å². The normalized spacial score (nSPS) is 17.9. The molecule has 0 amide bonds. The first-order valence-corrected chi connectivity index (χ1v) is 11.4. The number of nitrogens with one attached hydrogen (secondary N) is 1. The summed E-state index contributed by atoms with van der Waals surface area (Å²) in [5.74, 6) is 0.197. The van der Waals surface area contributed by atoms with Crippen molar-refractivity contribution >= 4 is 23.0 Å². The van der Waals surface area contributed by atoms with Gasteiger partial charge in [-0.15, -0.1) is 0 Å². The van der Waals surface area contributed by atoms with Gasteiger partial charge < -0.3 is 19.9 Å². The van der Waals surface area contributed by atoms with Crippen molar-refractivity contribution in [2.75, 3.05) is 4.90 Å². The molecular weight excluding hydrogens is 428 g/mol. The van der Waals surface area contributed by atoms with Crippen LogP contribution in [0.5, 0.6) is 5.75 Å². The number of anilines is 1. The van der Waals surface area contributed by atoms with Crippen molar-refractivity contribution in [2.24, 2.45) is 0 Å². The van der Waals surface area contributed by atoms with Gasteiger partial charge in [0.1, 0.15) is 5.75 Å². The topological polar surface area (TPSA) is 53.3 Å². The second-order valence-electron chi connectivity index (χ2n) is 8.37. The van der Waals surface area contributed by atoms with Gasteiger partial charge in [-0.05, 0) is 75.0 Å². The van der Waals surface area contributed by atoms with E-state index in [4.69, 9.17) is 12.2 Å². The number of pyridine rings is 1. The van der Waals surface area contributed by atoms with Gasteiger partial charge in [-0.2, -0.15) is 0 Å². The summed E-state index contributed by atoms with van der Waals surface area (Å²) in [5.41, 5.74) is 7.43. The van der Waals surface area contributed by atoms with Gasteiger partial charge in [0.15, 0.2) is 5.11 Å². The van der Waals surface area contributed by atoms with Gasteiger partial charge in [0.2, 0.25) is 0 Å².